The molecule has 1 aromatic rings. The number of carbonyl (C=O) groups is 1. The molecule has 0 aliphatic carbocycles. The highest BCUT2D eigenvalue weighted by molar-refractivity contribution is 9.08. The Labute approximate surface area is 92.1 Å². The van der Waals surface area contributed by atoms with E-state index in [1.807, 2.05) is 24.3 Å². The van der Waals surface area contributed by atoms with Crippen LogP contribution in [0.15, 0.2) is 24.3 Å². The lowest BCUT2D eigenvalue weighted by Crippen LogP contribution is -2.28. The molecule has 0 saturated carbocycles. The average Bonchev–Trinajstić information content (AvgIpc) is 2.17. The summed E-state index contributed by atoms with van der Waals surface area (Å²) in [5.41, 5.74) is 1.11. The van der Waals surface area contributed by atoms with Gasteiger partial charge in [0.1, 0.15) is 0 Å². The van der Waals surface area contributed by atoms with Crippen molar-refractivity contribution in [2.45, 2.75) is 24.6 Å². The van der Waals surface area contributed by atoms with Crippen LogP contribution >= 0.6 is 15.9 Å². The van der Waals surface area contributed by atoms with Crippen LogP contribution < -0.4 is 0 Å². The van der Waals surface area contributed by atoms with Crippen molar-refractivity contribution in [3.05, 3.63) is 35.4 Å². The van der Waals surface area contributed by atoms with E-state index >= 15 is 0 Å². The summed E-state index contributed by atoms with van der Waals surface area (Å²) >= 11 is 3.35. The molecule has 0 aliphatic rings. The highest BCUT2D eigenvalue weighted by atomic mass is 79.9. The molecule has 0 amide bonds. The Morgan fingerprint density at radius 3 is 2.64 bits per heavy atom. The van der Waals surface area contributed by atoms with E-state index in [4.69, 9.17) is 5.11 Å². The number of aliphatic carboxylic acids is 1. The lowest BCUT2D eigenvalue weighted by Gasteiger charge is -2.20. The van der Waals surface area contributed by atoms with Crippen molar-refractivity contribution in [3.63, 3.8) is 0 Å². The zero-order valence-corrected chi connectivity index (χ0v) is 9.84. The minimum atomic E-state index is -0.821. The molecule has 0 bridgehead atoms. The summed E-state index contributed by atoms with van der Waals surface area (Å²) in [6.45, 7) is 3.42. The molecular weight excluding hydrogens is 244 g/mol. The van der Waals surface area contributed by atoms with Crippen LogP contribution in [0, 0.1) is 0 Å². The van der Waals surface area contributed by atoms with Crippen LogP contribution in [0.2, 0.25) is 0 Å². The van der Waals surface area contributed by atoms with Crippen LogP contribution in [-0.4, -0.2) is 11.1 Å². The molecule has 0 radical (unpaired) electrons. The summed E-state index contributed by atoms with van der Waals surface area (Å²) in [7, 11) is 0. The van der Waals surface area contributed by atoms with Crippen LogP contribution in [0.4, 0.5) is 0 Å². The van der Waals surface area contributed by atoms with Crippen LogP contribution in [-0.2, 0) is 15.5 Å². The third kappa shape index (κ3) is 2.15. The smallest absolute Gasteiger partial charge is 0.313 e. The monoisotopic (exact) mass is 256 g/mol. The zero-order chi connectivity index (χ0) is 10.8. The van der Waals surface area contributed by atoms with Gasteiger partial charge in [0, 0.05) is 5.33 Å². The third-order valence-corrected chi connectivity index (χ3v) is 2.99. The molecule has 0 saturated heterocycles. The van der Waals surface area contributed by atoms with E-state index in [-0.39, 0.29) is 0 Å². The SMILES string of the molecule is CC(C)(C(=O)O)c1cccc(CBr)c1. The number of hydrogen-bond donors (Lipinski definition) is 1. The first kappa shape index (κ1) is 11.2. The minimum absolute atomic E-state index is 0.747. The summed E-state index contributed by atoms with van der Waals surface area (Å²) in [6.07, 6.45) is 0. The molecule has 76 valence electrons. The molecule has 0 aliphatic heterocycles. The quantitative estimate of drug-likeness (QED) is 0.845. The van der Waals surface area contributed by atoms with Crippen LogP contribution in [0.25, 0.3) is 0 Å². The molecule has 2 nitrogen and oxygen atoms in total. The Morgan fingerprint density at radius 2 is 2.14 bits per heavy atom. The number of halogens is 1. The molecule has 1 rings (SSSR count). The van der Waals surface area contributed by atoms with Crippen LogP contribution in [0.1, 0.15) is 25.0 Å². The predicted molar refractivity (Wildman–Crippen MR) is 59.7 cm³/mol. The van der Waals surface area contributed by atoms with Gasteiger partial charge in [-0.25, -0.2) is 0 Å². The molecule has 0 atom stereocenters. The lowest BCUT2D eigenvalue weighted by molar-refractivity contribution is -0.142. The lowest BCUT2D eigenvalue weighted by atomic mass is 9.84. The van der Waals surface area contributed by atoms with Gasteiger partial charge >= 0.3 is 5.97 Å². The number of alkyl halides is 1. The fraction of sp³-hybridized carbons (Fsp3) is 0.364. The molecule has 1 N–H and O–H groups in total. The van der Waals surface area contributed by atoms with Gasteiger partial charge in [-0.1, -0.05) is 40.2 Å². The maximum atomic E-state index is 11.0. The summed E-state index contributed by atoms with van der Waals surface area (Å²) in [5.74, 6) is -0.802. The first-order valence-corrected chi connectivity index (χ1v) is 5.49. The van der Waals surface area contributed by atoms with Crippen molar-refractivity contribution in [1.29, 1.82) is 0 Å². The van der Waals surface area contributed by atoms with E-state index in [0.29, 0.717) is 0 Å². The molecule has 0 fully saturated rings. The second-order valence-corrected chi connectivity index (χ2v) is 4.32. The van der Waals surface area contributed by atoms with Gasteiger partial charge in [-0.05, 0) is 25.0 Å². The van der Waals surface area contributed by atoms with E-state index in [1.54, 1.807) is 13.8 Å². The van der Waals surface area contributed by atoms with Gasteiger partial charge in [-0.3, -0.25) is 4.79 Å². The van der Waals surface area contributed by atoms with Crippen molar-refractivity contribution in [2.75, 3.05) is 0 Å². The van der Waals surface area contributed by atoms with Crippen molar-refractivity contribution in [3.8, 4) is 0 Å². The fourth-order valence-electron chi connectivity index (χ4n) is 1.17. The van der Waals surface area contributed by atoms with E-state index in [2.05, 4.69) is 15.9 Å². The predicted octanol–water partition coefficient (Wildman–Crippen LogP) is 2.94. The highest BCUT2D eigenvalue weighted by Crippen LogP contribution is 2.24. The van der Waals surface area contributed by atoms with Crippen molar-refractivity contribution >= 4 is 21.9 Å². The Kier molecular flexibility index (Phi) is 3.32. The molecular formula is C11H13BrO2. The second kappa shape index (κ2) is 4.13. The number of carboxylic acid groups (broad SMARTS) is 1. The average molecular weight is 257 g/mol. The first-order valence-electron chi connectivity index (χ1n) is 4.37. The molecule has 0 spiro atoms. The minimum Gasteiger partial charge on any atom is -0.481 e. The van der Waals surface area contributed by atoms with E-state index in [9.17, 15) is 4.79 Å². The summed E-state index contributed by atoms with van der Waals surface area (Å²) in [4.78, 5) is 11.0. The highest BCUT2D eigenvalue weighted by Gasteiger charge is 2.29. The van der Waals surface area contributed by atoms with Crippen molar-refractivity contribution < 1.29 is 9.90 Å². The Bertz CT molecular complexity index is 345. The maximum Gasteiger partial charge on any atom is 0.313 e. The standard InChI is InChI=1S/C11H13BrO2/c1-11(2,10(13)14)9-5-3-4-8(6-9)7-12/h3-6H,7H2,1-2H3,(H,13,14). The van der Waals surface area contributed by atoms with Gasteiger partial charge < -0.3 is 5.11 Å². The van der Waals surface area contributed by atoms with E-state index in [0.717, 1.165) is 16.5 Å². The maximum absolute atomic E-state index is 11.0. The first-order chi connectivity index (χ1) is 6.48. The molecule has 3 heteroatoms. The summed E-state index contributed by atoms with van der Waals surface area (Å²) in [5, 5.41) is 9.79. The molecule has 0 aromatic heterocycles. The molecule has 1 aromatic carbocycles. The van der Waals surface area contributed by atoms with Gasteiger partial charge in [0.05, 0.1) is 5.41 Å². The Morgan fingerprint density at radius 1 is 1.50 bits per heavy atom. The van der Waals surface area contributed by atoms with Gasteiger partial charge in [-0.15, -0.1) is 0 Å². The topological polar surface area (TPSA) is 37.3 Å². The van der Waals surface area contributed by atoms with E-state index < -0.39 is 11.4 Å². The largest absolute Gasteiger partial charge is 0.481 e. The van der Waals surface area contributed by atoms with Crippen LogP contribution in [0.3, 0.4) is 0 Å². The summed E-state index contributed by atoms with van der Waals surface area (Å²) in [6, 6.07) is 7.62. The molecule has 0 heterocycles. The van der Waals surface area contributed by atoms with Gasteiger partial charge in [0.25, 0.3) is 0 Å². The zero-order valence-electron chi connectivity index (χ0n) is 8.25. The third-order valence-electron chi connectivity index (χ3n) is 2.34. The van der Waals surface area contributed by atoms with Crippen molar-refractivity contribution in [1.82, 2.24) is 0 Å². The Balaban J connectivity index is 3.12. The number of hydrogen-bond acceptors (Lipinski definition) is 1. The van der Waals surface area contributed by atoms with Crippen molar-refractivity contribution in [2.24, 2.45) is 0 Å². The summed E-state index contributed by atoms with van der Waals surface area (Å²) < 4.78 is 0. The van der Waals surface area contributed by atoms with Gasteiger partial charge in [-0.2, -0.15) is 0 Å². The van der Waals surface area contributed by atoms with E-state index in [1.165, 1.54) is 0 Å². The van der Waals surface area contributed by atoms with Gasteiger partial charge in [0.15, 0.2) is 0 Å². The molecule has 14 heavy (non-hydrogen) atoms. The second-order valence-electron chi connectivity index (χ2n) is 3.76. The number of benzene rings is 1. The number of rotatable bonds is 3. The van der Waals surface area contributed by atoms with Crippen LogP contribution in [0.5, 0.6) is 0 Å². The molecule has 0 unspecified atom stereocenters. The fourth-order valence-corrected chi connectivity index (χ4v) is 1.52. The normalized spacial score (nSPS) is 11.4. The van der Waals surface area contributed by atoms with Gasteiger partial charge in [0.2, 0.25) is 0 Å². The Hall–Kier alpha value is -0.830. The number of carboxylic acids is 1.